The number of alkyl halides is 3. The van der Waals surface area contributed by atoms with E-state index < -0.39 is 24.3 Å². The number of amides is 1. The standard InChI is InChI=1S/C26H19ClF3NO5/c1-14-3-4-15(2)21(9-14)36-23-12-35-22-11-17(6-7-18(22)25(23)33)34-13-24(32)31-20-10-16(26(28,29)30)5-8-19(20)27/h3-12H,13H2,1-2H3,(H,31,32). The predicted molar refractivity (Wildman–Crippen MR) is 129 cm³/mol. The van der Waals surface area contributed by atoms with Crippen LogP contribution in [0.15, 0.2) is 70.1 Å². The lowest BCUT2D eigenvalue weighted by Crippen LogP contribution is -2.20. The first-order valence-electron chi connectivity index (χ1n) is 10.6. The van der Waals surface area contributed by atoms with Gasteiger partial charge in [-0.15, -0.1) is 0 Å². The molecule has 0 aliphatic carbocycles. The number of anilines is 1. The molecule has 6 nitrogen and oxygen atoms in total. The lowest BCUT2D eigenvalue weighted by molar-refractivity contribution is -0.137. The van der Waals surface area contributed by atoms with E-state index in [9.17, 15) is 22.8 Å². The third-order valence-corrected chi connectivity index (χ3v) is 5.55. The number of benzene rings is 3. The highest BCUT2D eigenvalue weighted by molar-refractivity contribution is 6.33. The van der Waals surface area contributed by atoms with E-state index in [0.29, 0.717) is 5.75 Å². The molecule has 1 aromatic heterocycles. The van der Waals surface area contributed by atoms with E-state index >= 15 is 0 Å². The van der Waals surface area contributed by atoms with Crippen LogP contribution in [-0.2, 0) is 11.0 Å². The highest BCUT2D eigenvalue weighted by atomic mass is 35.5. The van der Waals surface area contributed by atoms with Gasteiger partial charge in [0.2, 0.25) is 11.2 Å². The topological polar surface area (TPSA) is 77.8 Å². The van der Waals surface area contributed by atoms with Gasteiger partial charge >= 0.3 is 6.18 Å². The van der Waals surface area contributed by atoms with Crippen molar-refractivity contribution in [2.75, 3.05) is 11.9 Å². The minimum atomic E-state index is -4.58. The Labute approximate surface area is 208 Å². The van der Waals surface area contributed by atoms with E-state index in [4.69, 9.17) is 25.5 Å². The van der Waals surface area contributed by atoms with Crippen LogP contribution in [0.2, 0.25) is 5.02 Å². The zero-order valence-corrected chi connectivity index (χ0v) is 19.8. The molecule has 0 radical (unpaired) electrons. The van der Waals surface area contributed by atoms with Crippen molar-refractivity contribution in [3.8, 4) is 17.2 Å². The quantitative estimate of drug-likeness (QED) is 0.301. The Balaban J connectivity index is 1.46. The minimum Gasteiger partial charge on any atom is -0.484 e. The monoisotopic (exact) mass is 517 g/mol. The molecule has 0 aliphatic rings. The van der Waals surface area contributed by atoms with E-state index in [1.165, 1.54) is 24.5 Å². The Morgan fingerprint density at radius 3 is 2.56 bits per heavy atom. The van der Waals surface area contributed by atoms with E-state index in [1.807, 2.05) is 32.0 Å². The molecule has 1 heterocycles. The van der Waals surface area contributed by atoms with Crippen molar-refractivity contribution in [2.45, 2.75) is 20.0 Å². The summed E-state index contributed by atoms with van der Waals surface area (Å²) in [5, 5.41) is 2.48. The molecule has 0 aliphatic heterocycles. The maximum atomic E-state index is 12.9. The Kier molecular flexibility index (Phi) is 6.94. The van der Waals surface area contributed by atoms with Crippen molar-refractivity contribution in [3.63, 3.8) is 0 Å². The summed E-state index contributed by atoms with van der Waals surface area (Å²) in [5.74, 6) is 0.0323. The first-order chi connectivity index (χ1) is 17.0. The Morgan fingerprint density at radius 1 is 1.03 bits per heavy atom. The summed E-state index contributed by atoms with van der Waals surface area (Å²) in [6.07, 6.45) is -3.39. The van der Waals surface area contributed by atoms with Gasteiger partial charge in [-0.25, -0.2) is 0 Å². The molecular weight excluding hydrogens is 499 g/mol. The smallest absolute Gasteiger partial charge is 0.416 e. The van der Waals surface area contributed by atoms with Gasteiger partial charge in [0.25, 0.3) is 5.91 Å². The molecule has 0 unspecified atom stereocenters. The molecule has 1 N–H and O–H groups in total. The molecule has 36 heavy (non-hydrogen) atoms. The summed E-state index contributed by atoms with van der Waals surface area (Å²) < 4.78 is 55.4. The van der Waals surface area contributed by atoms with Crippen molar-refractivity contribution in [1.29, 1.82) is 0 Å². The molecule has 3 aromatic carbocycles. The minimum absolute atomic E-state index is 0.0159. The molecular formula is C26H19ClF3NO5. The van der Waals surface area contributed by atoms with E-state index in [2.05, 4.69) is 5.32 Å². The summed E-state index contributed by atoms with van der Waals surface area (Å²) in [5.41, 5.74) is 0.498. The lowest BCUT2D eigenvalue weighted by Gasteiger charge is -2.12. The SMILES string of the molecule is Cc1ccc(C)c(Oc2coc3cc(OCC(=O)Nc4cc(C(F)(F)F)ccc4Cl)ccc3c2=O)c1. The highest BCUT2D eigenvalue weighted by Gasteiger charge is 2.31. The highest BCUT2D eigenvalue weighted by Crippen LogP contribution is 2.34. The van der Waals surface area contributed by atoms with Crippen LogP contribution in [0, 0.1) is 13.8 Å². The average molecular weight is 518 g/mol. The van der Waals surface area contributed by atoms with Crippen LogP contribution in [0.5, 0.6) is 17.2 Å². The average Bonchev–Trinajstić information content (AvgIpc) is 2.82. The fourth-order valence-corrected chi connectivity index (χ4v) is 3.48. The summed E-state index contributed by atoms with van der Waals surface area (Å²) in [6, 6.07) is 12.6. The molecule has 4 aromatic rings. The van der Waals surface area contributed by atoms with E-state index in [-0.39, 0.29) is 38.6 Å². The maximum Gasteiger partial charge on any atom is 0.416 e. The largest absolute Gasteiger partial charge is 0.484 e. The first kappa shape index (κ1) is 25.1. The molecule has 4 rings (SSSR count). The number of aryl methyl sites for hydroxylation is 2. The van der Waals surface area contributed by atoms with Gasteiger partial charge in [-0.2, -0.15) is 13.2 Å². The number of nitrogens with one attached hydrogen (secondary N) is 1. The third-order valence-electron chi connectivity index (χ3n) is 5.22. The van der Waals surface area contributed by atoms with Crippen molar-refractivity contribution >= 4 is 34.2 Å². The summed E-state index contributed by atoms with van der Waals surface area (Å²) >= 11 is 5.89. The van der Waals surface area contributed by atoms with E-state index in [1.54, 1.807) is 0 Å². The van der Waals surface area contributed by atoms with Gasteiger partial charge in [0.15, 0.2) is 6.61 Å². The van der Waals surface area contributed by atoms with Crippen LogP contribution in [-0.4, -0.2) is 12.5 Å². The van der Waals surface area contributed by atoms with Crippen molar-refractivity contribution in [3.05, 3.63) is 92.8 Å². The molecule has 0 bridgehead atoms. The number of ether oxygens (including phenoxy) is 2. The van der Waals surface area contributed by atoms with Crippen LogP contribution in [0.3, 0.4) is 0 Å². The summed E-state index contributed by atoms with van der Waals surface area (Å²) in [4.78, 5) is 25.1. The second kappa shape index (κ2) is 9.94. The number of carbonyl (C=O) groups excluding carboxylic acids is 1. The van der Waals surface area contributed by atoms with Gasteiger partial charge in [-0.05, 0) is 61.4 Å². The molecule has 0 saturated carbocycles. The molecule has 0 atom stereocenters. The molecule has 10 heteroatoms. The van der Waals surface area contributed by atoms with Gasteiger partial charge in [-0.3, -0.25) is 9.59 Å². The number of halogens is 4. The lowest BCUT2D eigenvalue weighted by atomic mass is 10.1. The molecule has 0 spiro atoms. The van der Waals surface area contributed by atoms with Crippen LogP contribution < -0.4 is 20.2 Å². The number of rotatable bonds is 6. The third kappa shape index (κ3) is 5.63. The Hall–Kier alpha value is -3.98. The van der Waals surface area contributed by atoms with Crippen LogP contribution >= 0.6 is 11.6 Å². The van der Waals surface area contributed by atoms with Crippen molar-refractivity contribution < 1.29 is 31.9 Å². The fraction of sp³-hybridized carbons (Fsp3) is 0.154. The number of fused-ring (bicyclic) bond motifs is 1. The van der Waals surface area contributed by atoms with Crippen LogP contribution in [0.1, 0.15) is 16.7 Å². The van der Waals surface area contributed by atoms with Crippen molar-refractivity contribution in [1.82, 2.24) is 0 Å². The van der Waals surface area contributed by atoms with E-state index in [0.717, 1.165) is 29.3 Å². The molecule has 186 valence electrons. The second-order valence-electron chi connectivity index (χ2n) is 7.99. The van der Waals surface area contributed by atoms with Gasteiger partial charge in [0.05, 0.1) is 21.7 Å². The summed E-state index contributed by atoms with van der Waals surface area (Å²) in [6.45, 7) is 3.25. The van der Waals surface area contributed by atoms with Crippen LogP contribution in [0.4, 0.5) is 18.9 Å². The number of hydrogen-bond acceptors (Lipinski definition) is 5. The van der Waals surface area contributed by atoms with Gasteiger partial charge in [0.1, 0.15) is 23.3 Å². The number of carbonyl (C=O) groups is 1. The molecule has 1 amide bonds. The first-order valence-corrected chi connectivity index (χ1v) is 11.0. The van der Waals surface area contributed by atoms with Gasteiger partial charge in [-0.1, -0.05) is 23.7 Å². The summed E-state index contributed by atoms with van der Waals surface area (Å²) in [7, 11) is 0. The zero-order chi connectivity index (χ0) is 26.0. The maximum absolute atomic E-state index is 12.9. The zero-order valence-electron chi connectivity index (χ0n) is 19.0. The normalized spacial score (nSPS) is 11.4. The fourth-order valence-electron chi connectivity index (χ4n) is 3.32. The second-order valence-corrected chi connectivity index (χ2v) is 8.39. The molecule has 0 fully saturated rings. The van der Waals surface area contributed by atoms with Crippen molar-refractivity contribution in [2.24, 2.45) is 0 Å². The predicted octanol–water partition coefficient (Wildman–Crippen LogP) is 6.89. The Bertz CT molecular complexity index is 1510. The van der Waals surface area contributed by atoms with Crippen LogP contribution in [0.25, 0.3) is 11.0 Å². The van der Waals surface area contributed by atoms with Gasteiger partial charge in [0, 0.05) is 6.07 Å². The molecule has 0 saturated heterocycles. The van der Waals surface area contributed by atoms with Gasteiger partial charge < -0.3 is 19.2 Å². The Morgan fingerprint density at radius 2 is 1.81 bits per heavy atom. The number of hydrogen-bond donors (Lipinski definition) is 1.